The first kappa shape index (κ1) is 12.8. The smallest absolute Gasteiger partial charge is 0.0729 e. The van der Waals surface area contributed by atoms with Crippen LogP contribution in [0.25, 0.3) is 0 Å². The molecule has 3 nitrogen and oxygen atoms in total. The van der Waals surface area contributed by atoms with Gasteiger partial charge in [-0.1, -0.05) is 24.3 Å². The molecule has 3 heteroatoms. The van der Waals surface area contributed by atoms with Gasteiger partial charge < -0.3 is 14.8 Å². The van der Waals surface area contributed by atoms with Gasteiger partial charge in [-0.05, 0) is 42.7 Å². The standard InChI is InChI=1S/C17H23NO2/c1-2-4-15-14(3-1)12-18-16(15)13-5-8-20-17(11-13)6-9-19-10-7-17/h1-4,13,16,18H,5-12H2. The Balaban J connectivity index is 1.54. The second-order valence-corrected chi connectivity index (χ2v) is 6.45. The lowest BCUT2D eigenvalue weighted by Gasteiger charge is -2.45. The first-order valence-corrected chi connectivity index (χ1v) is 7.89. The molecule has 0 aliphatic carbocycles. The Morgan fingerprint density at radius 1 is 1.10 bits per heavy atom. The molecule has 1 aromatic carbocycles. The van der Waals surface area contributed by atoms with Gasteiger partial charge in [-0.25, -0.2) is 0 Å². The molecular weight excluding hydrogens is 250 g/mol. The summed E-state index contributed by atoms with van der Waals surface area (Å²) in [6, 6.07) is 9.39. The second-order valence-electron chi connectivity index (χ2n) is 6.45. The molecule has 0 amide bonds. The summed E-state index contributed by atoms with van der Waals surface area (Å²) in [7, 11) is 0. The van der Waals surface area contributed by atoms with Crippen molar-refractivity contribution in [1.29, 1.82) is 0 Å². The zero-order valence-corrected chi connectivity index (χ0v) is 11.9. The molecule has 1 N–H and O–H groups in total. The number of hydrogen-bond donors (Lipinski definition) is 1. The summed E-state index contributed by atoms with van der Waals surface area (Å²) in [6.45, 7) is 3.65. The van der Waals surface area contributed by atoms with E-state index in [1.54, 1.807) is 0 Å². The zero-order valence-electron chi connectivity index (χ0n) is 11.9. The molecule has 0 aromatic heterocycles. The average molecular weight is 273 g/mol. The molecule has 108 valence electrons. The fourth-order valence-corrected chi connectivity index (χ4v) is 4.19. The van der Waals surface area contributed by atoms with Crippen LogP contribution in [0.4, 0.5) is 0 Å². The number of hydrogen-bond acceptors (Lipinski definition) is 3. The van der Waals surface area contributed by atoms with E-state index in [0.717, 1.165) is 39.2 Å². The van der Waals surface area contributed by atoms with Gasteiger partial charge in [0.25, 0.3) is 0 Å². The van der Waals surface area contributed by atoms with Crippen molar-refractivity contribution in [3.63, 3.8) is 0 Å². The Morgan fingerprint density at radius 2 is 1.95 bits per heavy atom. The van der Waals surface area contributed by atoms with Gasteiger partial charge in [0.1, 0.15) is 0 Å². The average Bonchev–Trinajstić information content (AvgIpc) is 2.92. The molecule has 20 heavy (non-hydrogen) atoms. The third-order valence-corrected chi connectivity index (χ3v) is 5.31. The van der Waals surface area contributed by atoms with E-state index in [4.69, 9.17) is 9.47 Å². The van der Waals surface area contributed by atoms with E-state index in [-0.39, 0.29) is 5.60 Å². The maximum Gasteiger partial charge on any atom is 0.0729 e. The third kappa shape index (κ3) is 2.18. The summed E-state index contributed by atoms with van der Waals surface area (Å²) in [4.78, 5) is 0. The van der Waals surface area contributed by atoms with Crippen LogP contribution < -0.4 is 5.32 Å². The Morgan fingerprint density at radius 3 is 2.85 bits per heavy atom. The lowest BCUT2D eigenvalue weighted by atomic mass is 9.76. The summed E-state index contributed by atoms with van der Waals surface area (Å²) in [6.07, 6.45) is 4.49. The molecule has 2 saturated heterocycles. The highest BCUT2D eigenvalue weighted by Crippen LogP contribution is 2.43. The van der Waals surface area contributed by atoms with Gasteiger partial charge in [-0.15, -0.1) is 0 Å². The summed E-state index contributed by atoms with van der Waals surface area (Å²) >= 11 is 0. The highest BCUT2D eigenvalue weighted by atomic mass is 16.5. The Hall–Kier alpha value is -0.900. The highest BCUT2D eigenvalue weighted by molar-refractivity contribution is 5.34. The molecule has 3 heterocycles. The van der Waals surface area contributed by atoms with Gasteiger partial charge in [0.05, 0.1) is 5.60 Å². The molecule has 4 rings (SSSR count). The van der Waals surface area contributed by atoms with Gasteiger partial charge in [-0.2, -0.15) is 0 Å². The van der Waals surface area contributed by atoms with E-state index >= 15 is 0 Å². The minimum Gasteiger partial charge on any atom is -0.381 e. The predicted octanol–water partition coefficient (Wildman–Crippen LogP) is 2.81. The zero-order chi connectivity index (χ0) is 13.4. The van der Waals surface area contributed by atoms with Crippen LogP contribution in [0.15, 0.2) is 24.3 Å². The fourth-order valence-electron chi connectivity index (χ4n) is 4.19. The highest BCUT2D eigenvalue weighted by Gasteiger charge is 2.42. The van der Waals surface area contributed by atoms with E-state index in [1.165, 1.54) is 24.0 Å². The molecule has 0 saturated carbocycles. The first-order valence-electron chi connectivity index (χ1n) is 7.89. The minimum absolute atomic E-state index is 0.0976. The Kier molecular flexibility index (Phi) is 3.29. The molecule has 1 spiro atoms. The molecule has 2 fully saturated rings. The molecule has 0 bridgehead atoms. The largest absolute Gasteiger partial charge is 0.381 e. The van der Waals surface area contributed by atoms with Crippen molar-refractivity contribution in [1.82, 2.24) is 5.32 Å². The van der Waals surface area contributed by atoms with E-state index in [9.17, 15) is 0 Å². The monoisotopic (exact) mass is 273 g/mol. The SMILES string of the molecule is c1ccc2c(c1)CNC2C1CCOC2(CCOCC2)C1. The van der Waals surface area contributed by atoms with Crippen molar-refractivity contribution in [2.75, 3.05) is 19.8 Å². The van der Waals surface area contributed by atoms with E-state index < -0.39 is 0 Å². The second kappa shape index (κ2) is 5.14. The Bertz CT molecular complexity index is 476. The van der Waals surface area contributed by atoms with Crippen LogP contribution in [0.2, 0.25) is 0 Å². The van der Waals surface area contributed by atoms with E-state index in [2.05, 4.69) is 29.6 Å². The molecule has 1 aromatic rings. The van der Waals surface area contributed by atoms with Gasteiger partial charge >= 0.3 is 0 Å². The van der Waals surface area contributed by atoms with Crippen LogP contribution in [0.3, 0.4) is 0 Å². The minimum atomic E-state index is 0.0976. The van der Waals surface area contributed by atoms with Crippen LogP contribution in [-0.4, -0.2) is 25.4 Å². The van der Waals surface area contributed by atoms with Crippen molar-refractivity contribution >= 4 is 0 Å². The number of ether oxygens (including phenoxy) is 2. The molecule has 0 radical (unpaired) electrons. The fraction of sp³-hybridized carbons (Fsp3) is 0.647. The first-order chi connectivity index (χ1) is 9.86. The molecule has 3 aliphatic heterocycles. The van der Waals surface area contributed by atoms with E-state index in [0.29, 0.717) is 12.0 Å². The van der Waals surface area contributed by atoms with Crippen LogP contribution in [0.1, 0.15) is 42.9 Å². The maximum absolute atomic E-state index is 6.18. The van der Waals surface area contributed by atoms with Gasteiger partial charge in [-0.3, -0.25) is 0 Å². The van der Waals surface area contributed by atoms with Crippen molar-refractivity contribution in [3.05, 3.63) is 35.4 Å². The van der Waals surface area contributed by atoms with Crippen molar-refractivity contribution in [3.8, 4) is 0 Å². The maximum atomic E-state index is 6.18. The third-order valence-electron chi connectivity index (χ3n) is 5.31. The summed E-state index contributed by atoms with van der Waals surface area (Å²) in [5, 5.41) is 3.73. The van der Waals surface area contributed by atoms with Crippen molar-refractivity contribution < 1.29 is 9.47 Å². The van der Waals surface area contributed by atoms with Crippen LogP contribution >= 0.6 is 0 Å². The molecule has 2 unspecified atom stereocenters. The van der Waals surface area contributed by atoms with Gasteiger partial charge in [0, 0.05) is 32.4 Å². The van der Waals surface area contributed by atoms with Crippen LogP contribution in [0.5, 0.6) is 0 Å². The summed E-state index contributed by atoms with van der Waals surface area (Å²) in [5.74, 6) is 0.700. The number of rotatable bonds is 1. The van der Waals surface area contributed by atoms with Crippen LogP contribution in [-0.2, 0) is 16.0 Å². The van der Waals surface area contributed by atoms with Crippen LogP contribution in [0, 0.1) is 5.92 Å². The molecule has 3 aliphatic rings. The topological polar surface area (TPSA) is 30.5 Å². The lowest BCUT2D eigenvalue weighted by molar-refractivity contribution is -0.150. The number of nitrogens with one attached hydrogen (secondary N) is 1. The van der Waals surface area contributed by atoms with Crippen molar-refractivity contribution in [2.45, 2.75) is 43.9 Å². The predicted molar refractivity (Wildman–Crippen MR) is 77.5 cm³/mol. The number of fused-ring (bicyclic) bond motifs is 1. The number of benzene rings is 1. The van der Waals surface area contributed by atoms with Gasteiger partial charge in [0.15, 0.2) is 0 Å². The summed E-state index contributed by atoms with van der Waals surface area (Å²) in [5.41, 5.74) is 3.09. The quantitative estimate of drug-likeness (QED) is 0.853. The molecular formula is C17H23NO2. The van der Waals surface area contributed by atoms with Crippen molar-refractivity contribution in [2.24, 2.45) is 5.92 Å². The van der Waals surface area contributed by atoms with Gasteiger partial charge in [0.2, 0.25) is 0 Å². The normalized spacial score (nSPS) is 32.2. The Labute approximate surface area is 120 Å². The molecule has 2 atom stereocenters. The van der Waals surface area contributed by atoms with E-state index in [1.807, 2.05) is 0 Å². The summed E-state index contributed by atoms with van der Waals surface area (Å²) < 4.78 is 11.7. The lowest BCUT2D eigenvalue weighted by Crippen LogP contribution is -2.46.